The molecule has 0 saturated heterocycles. The minimum Gasteiger partial charge on any atom is -0.772 e. The fraction of sp³-hybridized carbons (Fsp3) is 0.333. The summed E-state index contributed by atoms with van der Waals surface area (Å²) in [6, 6.07) is 4.59. The van der Waals surface area contributed by atoms with Crippen molar-refractivity contribution in [3.8, 4) is 5.75 Å². The molecule has 1 aliphatic carbocycles. The SMILES string of the molecule is COc1c(C(=O)c2cc(C3CC3)on2)ccc(Cl)c1CS(=O)[O-]. The number of aromatic nitrogens is 1. The molecule has 0 bridgehead atoms. The van der Waals surface area contributed by atoms with Gasteiger partial charge >= 0.3 is 0 Å². The number of carbonyl (C=O) groups is 1. The van der Waals surface area contributed by atoms with Crippen molar-refractivity contribution in [2.24, 2.45) is 0 Å². The number of hydrogen-bond acceptors (Lipinski definition) is 6. The van der Waals surface area contributed by atoms with Gasteiger partial charge in [0.15, 0.2) is 5.69 Å². The van der Waals surface area contributed by atoms with Crippen LogP contribution in [-0.4, -0.2) is 26.8 Å². The zero-order chi connectivity index (χ0) is 16.6. The van der Waals surface area contributed by atoms with Gasteiger partial charge in [-0.1, -0.05) is 27.8 Å². The Hall–Kier alpha value is -1.70. The molecule has 0 amide bonds. The van der Waals surface area contributed by atoms with Gasteiger partial charge in [0.2, 0.25) is 5.78 Å². The third-order valence-electron chi connectivity index (χ3n) is 3.66. The number of nitrogens with zero attached hydrogens (tertiary/aromatic N) is 1. The molecule has 1 aliphatic rings. The summed E-state index contributed by atoms with van der Waals surface area (Å²) in [5.41, 5.74) is 0.619. The van der Waals surface area contributed by atoms with Crippen LogP contribution in [-0.2, 0) is 16.8 Å². The Labute approximate surface area is 140 Å². The number of halogens is 1. The molecule has 2 aromatic rings. The second kappa shape index (κ2) is 6.43. The molecule has 1 heterocycles. The number of ketones is 1. The van der Waals surface area contributed by atoms with Crippen molar-refractivity contribution in [2.45, 2.75) is 24.5 Å². The monoisotopic (exact) mass is 354 g/mol. The average molecular weight is 355 g/mol. The molecule has 1 atom stereocenters. The molecule has 23 heavy (non-hydrogen) atoms. The lowest BCUT2D eigenvalue weighted by Gasteiger charge is -2.15. The summed E-state index contributed by atoms with van der Waals surface area (Å²) in [5, 5.41) is 4.03. The molecule has 0 radical (unpaired) electrons. The summed E-state index contributed by atoms with van der Waals surface area (Å²) in [5.74, 6) is 0.446. The minimum atomic E-state index is -2.36. The first-order chi connectivity index (χ1) is 11.0. The molecule has 0 N–H and O–H groups in total. The Morgan fingerprint density at radius 2 is 2.26 bits per heavy atom. The lowest BCUT2D eigenvalue weighted by atomic mass is 10.0. The van der Waals surface area contributed by atoms with Crippen molar-refractivity contribution < 1.29 is 22.8 Å². The fourth-order valence-electron chi connectivity index (χ4n) is 2.36. The number of ether oxygens (including phenoxy) is 1. The zero-order valence-corrected chi connectivity index (χ0v) is 13.8. The average Bonchev–Trinajstić information content (AvgIpc) is 3.25. The van der Waals surface area contributed by atoms with Crippen LogP contribution in [0.5, 0.6) is 5.75 Å². The van der Waals surface area contributed by atoms with E-state index in [1.807, 2.05) is 0 Å². The van der Waals surface area contributed by atoms with Gasteiger partial charge in [-0.2, -0.15) is 0 Å². The van der Waals surface area contributed by atoms with E-state index in [-0.39, 0.29) is 33.3 Å². The maximum Gasteiger partial charge on any atom is 0.218 e. The van der Waals surface area contributed by atoms with E-state index in [0.717, 1.165) is 12.8 Å². The first-order valence-electron chi connectivity index (χ1n) is 6.93. The largest absolute Gasteiger partial charge is 0.772 e. The summed E-state index contributed by atoms with van der Waals surface area (Å²) in [6.45, 7) is 0. The van der Waals surface area contributed by atoms with Crippen LogP contribution in [0.2, 0.25) is 5.02 Å². The lowest BCUT2D eigenvalue weighted by Crippen LogP contribution is -2.08. The quantitative estimate of drug-likeness (QED) is 0.585. The highest BCUT2D eigenvalue weighted by Gasteiger charge is 2.30. The van der Waals surface area contributed by atoms with E-state index in [4.69, 9.17) is 20.9 Å². The van der Waals surface area contributed by atoms with Gasteiger partial charge in [0, 0.05) is 28.3 Å². The molecule has 1 aromatic heterocycles. The number of benzene rings is 1. The van der Waals surface area contributed by atoms with Crippen LogP contribution in [0.3, 0.4) is 0 Å². The van der Waals surface area contributed by atoms with Crippen molar-refractivity contribution in [3.05, 3.63) is 45.8 Å². The van der Waals surface area contributed by atoms with Gasteiger partial charge in [-0.3, -0.25) is 9.00 Å². The molecule has 1 aromatic carbocycles. The molecular weight excluding hydrogens is 342 g/mol. The van der Waals surface area contributed by atoms with E-state index in [2.05, 4.69) is 5.16 Å². The van der Waals surface area contributed by atoms with Crippen molar-refractivity contribution in [1.82, 2.24) is 5.16 Å². The van der Waals surface area contributed by atoms with Crippen molar-refractivity contribution >= 4 is 28.5 Å². The molecule has 122 valence electrons. The number of hydrogen-bond donors (Lipinski definition) is 0. The maximum absolute atomic E-state index is 12.6. The normalized spacial score (nSPS) is 15.4. The molecular formula is C15H13ClNO5S-. The van der Waals surface area contributed by atoms with Gasteiger partial charge in [-0.25, -0.2) is 0 Å². The molecule has 1 fully saturated rings. The maximum atomic E-state index is 12.6. The third-order valence-corrected chi connectivity index (χ3v) is 4.53. The lowest BCUT2D eigenvalue weighted by molar-refractivity contribution is 0.102. The van der Waals surface area contributed by atoms with Crippen LogP contribution in [0.25, 0.3) is 0 Å². The van der Waals surface area contributed by atoms with Gasteiger partial charge in [0.05, 0.1) is 12.7 Å². The molecule has 1 saturated carbocycles. The number of rotatable bonds is 6. The summed E-state index contributed by atoms with van der Waals surface area (Å²) >= 11 is 3.67. The number of carbonyl (C=O) groups excluding carboxylic acids is 1. The summed E-state index contributed by atoms with van der Waals surface area (Å²) in [4.78, 5) is 12.6. The first-order valence-corrected chi connectivity index (χ1v) is 8.56. The molecule has 8 heteroatoms. The molecule has 6 nitrogen and oxygen atoms in total. The summed E-state index contributed by atoms with van der Waals surface area (Å²) < 4.78 is 32.4. The highest BCUT2D eigenvalue weighted by atomic mass is 35.5. The summed E-state index contributed by atoms with van der Waals surface area (Å²) in [7, 11) is 1.36. The standard InChI is InChI=1S/C15H14ClNO5S/c1-21-15-9(4-5-11(16)10(15)7-23(19)20)14(18)12-6-13(22-17-12)8-2-3-8/h4-6,8H,2-3,7H2,1H3,(H,19,20)/p-1. The molecule has 0 spiro atoms. The van der Waals surface area contributed by atoms with Crippen LogP contribution in [0, 0.1) is 0 Å². The van der Waals surface area contributed by atoms with Crippen LogP contribution in [0.1, 0.15) is 46.1 Å². The Bertz CT molecular complexity index is 784. The Morgan fingerprint density at radius 1 is 1.52 bits per heavy atom. The Morgan fingerprint density at radius 3 is 2.87 bits per heavy atom. The van der Waals surface area contributed by atoms with E-state index < -0.39 is 16.9 Å². The Kier molecular flexibility index (Phi) is 4.52. The van der Waals surface area contributed by atoms with E-state index in [9.17, 15) is 13.6 Å². The van der Waals surface area contributed by atoms with Gasteiger partial charge < -0.3 is 13.8 Å². The smallest absolute Gasteiger partial charge is 0.218 e. The van der Waals surface area contributed by atoms with Gasteiger partial charge in [-0.15, -0.1) is 0 Å². The third kappa shape index (κ3) is 3.31. The molecule has 3 rings (SSSR count). The van der Waals surface area contributed by atoms with Crippen molar-refractivity contribution in [2.75, 3.05) is 7.11 Å². The van der Waals surface area contributed by atoms with E-state index in [0.29, 0.717) is 11.7 Å². The van der Waals surface area contributed by atoms with Gasteiger partial charge in [0.25, 0.3) is 0 Å². The first kappa shape index (κ1) is 16.2. The predicted molar refractivity (Wildman–Crippen MR) is 82.5 cm³/mol. The van der Waals surface area contributed by atoms with Crippen molar-refractivity contribution in [1.29, 1.82) is 0 Å². The highest BCUT2D eigenvalue weighted by molar-refractivity contribution is 7.78. The van der Waals surface area contributed by atoms with Crippen LogP contribution in [0.4, 0.5) is 0 Å². The van der Waals surface area contributed by atoms with E-state index in [1.54, 1.807) is 6.07 Å². The summed E-state index contributed by atoms with van der Waals surface area (Å²) in [6.07, 6.45) is 2.07. The predicted octanol–water partition coefficient (Wildman–Crippen LogP) is 2.82. The molecule has 1 unspecified atom stereocenters. The minimum absolute atomic E-state index is 0.141. The number of methoxy groups -OCH3 is 1. The van der Waals surface area contributed by atoms with Crippen LogP contribution >= 0.6 is 11.6 Å². The van der Waals surface area contributed by atoms with Crippen LogP contribution in [0.15, 0.2) is 22.7 Å². The Balaban J connectivity index is 2.00. The van der Waals surface area contributed by atoms with Gasteiger partial charge in [0.1, 0.15) is 11.5 Å². The van der Waals surface area contributed by atoms with E-state index in [1.165, 1.54) is 19.2 Å². The fourth-order valence-corrected chi connectivity index (χ4v) is 3.18. The second-order valence-corrected chi connectivity index (χ2v) is 6.58. The zero-order valence-electron chi connectivity index (χ0n) is 12.2. The van der Waals surface area contributed by atoms with Gasteiger partial charge in [-0.05, 0) is 25.0 Å². The molecule has 0 aliphatic heterocycles. The van der Waals surface area contributed by atoms with Crippen LogP contribution < -0.4 is 4.74 Å². The topological polar surface area (TPSA) is 92.5 Å². The van der Waals surface area contributed by atoms with E-state index >= 15 is 0 Å². The second-order valence-electron chi connectivity index (χ2n) is 5.27. The highest BCUT2D eigenvalue weighted by Crippen LogP contribution is 2.40. The van der Waals surface area contributed by atoms with Crippen molar-refractivity contribution in [3.63, 3.8) is 0 Å².